The maximum Gasteiger partial charge on any atom is 0.317 e. The minimum absolute atomic E-state index is 0. The fourth-order valence-electron chi connectivity index (χ4n) is 6.92. The molecule has 0 fully saturated rings. The molecule has 0 amide bonds. The van der Waals surface area contributed by atoms with Crippen molar-refractivity contribution in [2.75, 3.05) is 206 Å². The van der Waals surface area contributed by atoms with E-state index in [0.29, 0.717) is 103 Å². The third kappa shape index (κ3) is 146. The van der Waals surface area contributed by atoms with Crippen LogP contribution in [0.1, 0.15) is 313 Å². The summed E-state index contributed by atoms with van der Waals surface area (Å²) in [5, 5.41) is 36.3. The van der Waals surface area contributed by atoms with Gasteiger partial charge in [-0.3, -0.25) is 67.1 Å². The Bertz CT molecular complexity index is 2470. The fraction of sp³-hybridized carbons (Fsp3) is 0.854. The minimum Gasteiger partial charge on any atom is -0.465 e. The number of carbonyl (C=O) groups excluding carboxylic acids is 14. The van der Waals surface area contributed by atoms with Crippen LogP contribution in [0.4, 0.5) is 0 Å². The highest BCUT2D eigenvalue weighted by Gasteiger charge is 2.39. The first-order valence-electron chi connectivity index (χ1n) is 43.6. The Balaban J connectivity index is -0.0000000650. The molecule has 0 aliphatic rings. The molecule has 0 spiro atoms. The summed E-state index contributed by atoms with van der Waals surface area (Å²) in [6.45, 7) is 44.1. The molecule has 0 rings (SSSR count). The van der Waals surface area contributed by atoms with E-state index in [-0.39, 0.29) is 141 Å². The van der Waals surface area contributed by atoms with Crippen LogP contribution in [0.25, 0.3) is 0 Å². The number of aliphatic hydroxyl groups excluding tert-OH is 4. The van der Waals surface area contributed by atoms with Crippen molar-refractivity contribution in [1.29, 1.82) is 0 Å². The van der Waals surface area contributed by atoms with Crippen LogP contribution in [0.5, 0.6) is 0 Å². The zero-order valence-corrected chi connectivity index (χ0v) is 89.9. The van der Waals surface area contributed by atoms with E-state index in [1.54, 1.807) is 86.4 Å². The Hall–Kier alpha value is -4.26. The average Bonchev–Trinajstić information content (AvgIpc) is 0.879. The highest BCUT2D eigenvalue weighted by molar-refractivity contribution is 8.93. The highest BCUT2D eigenvalue weighted by atomic mass is 79.9. The lowest BCUT2D eigenvalue weighted by atomic mass is 9.93. The van der Waals surface area contributed by atoms with E-state index < -0.39 is 95.8 Å². The van der Waals surface area contributed by atoms with Crippen molar-refractivity contribution >= 4 is 163 Å². The second-order valence-electron chi connectivity index (χ2n) is 28.7. The van der Waals surface area contributed by atoms with Gasteiger partial charge in [-0.1, -0.05) is 105 Å². The number of methoxy groups -OCH3 is 3. The molecule has 38 heteroatoms. The van der Waals surface area contributed by atoms with Crippen molar-refractivity contribution in [3.05, 3.63) is 0 Å². The molecule has 814 valence electrons. The number of hydrogen-bond donors (Lipinski definition) is 4. The number of ether oxygens (including phenoxy) is 14. The Labute approximate surface area is 852 Å². The number of esters is 8. The first kappa shape index (κ1) is 175. The molecule has 4 N–H and O–H groups in total. The van der Waals surface area contributed by atoms with Crippen LogP contribution >= 0.6 is 81.0 Å². The van der Waals surface area contributed by atoms with E-state index in [1.807, 2.05) is 58.1 Å². The number of halogens is 2. The van der Waals surface area contributed by atoms with Crippen molar-refractivity contribution < 1.29 is 154 Å². The molecule has 0 saturated carbocycles. The van der Waals surface area contributed by atoms with Gasteiger partial charge in [0.1, 0.15) is 82.8 Å². The zero-order chi connectivity index (χ0) is 99.3. The van der Waals surface area contributed by atoms with Crippen LogP contribution in [-0.2, 0) is 133 Å². The van der Waals surface area contributed by atoms with Crippen LogP contribution in [0, 0.1) is 21.7 Å². The van der Waals surface area contributed by atoms with Crippen LogP contribution in [0.2, 0.25) is 0 Å². The number of rotatable bonds is 63. The summed E-state index contributed by atoms with van der Waals surface area (Å²) in [5.74, 6) is 5.08. The fourth-order valence-corrected chi connectivity index (χ4v) is 10.8. The molecule has 0 aromatic heterocycles. The van der Waals surface area contributed by atoms with Gasteiger partial charge in [0.15, 0.2) is 0 Å². The summed E-state index contributed by atoms with van der Waals surface area (Å²) in [4.78, 5) is 153. The zero-order valence-electron chi connectivity index (χ0n) is 83.2. The molecule has 0 aliphatic heterocycles. The van der Waals surface area contributed by atoms with Crippen molar-refractivity contribution in [3.8, 4) is 0 Å². The predicted molar refractivity (Wildman–Crippen MR) is 563 cm³/mol. The van der Waals surface area contributed by atoms with E-state index in [9.17, 15) is 67.1 Å². The number of ketones is 6. The van der Waals surface area contributed by atoms with Gasteiger partial charge < -0.3 is 86.7 Å². The van der Waals surface area contributed by atoms with E-state index in [4.69, 9.17) is 72.5 Å². The summed E-state index contributed by atoms with van der Waals surface area (Å²) < 4.78 is 67.8. The molecule has 4 unspecified atom stereocenters. The maximum absolute atomic E-state index is 11.6. The first-order chi connectivity index (χ1) is 59.4. The van der Waals surface area contributed by atoms with Gasteiger partial charge in [-0.25, -0.2) is 0 Å². The Kier molecular flexibility index (Phi) is 174. The average molecular weight is 2150 g/mol. The molecule has 0 aromatic carbocycles. The summed E-state index contributed by atoms with van der Waals surface area (Å²) in [5.41, 5.74) is -4.66. The Morgan fingerprint density at radius 2 is 0.478 bits per heavy atom. The van der Waals surface area contributed by atoms with Gasteiger partial charge in [-0.15, -0.1) is 34.0 Å². The van der Waals surface area contributed by atoms with Gasteiger partial charge >= 0.3 is 47.8 Å². The van der Waals surface area contributed by atoms with Crippen molar-refractivity contribution in [2.24, 2.45) is 21.7 Å². The van der Waals surface area contributed by atoms with Gasteiger partial charge in [0.2, 0.25) is 0 Å². The van der Waals surface area contributed by atoms with Crippen molar-refractivity contribution in [3.63, 3.8) is 0 Å². The lowest BCUT2D eigenvalue weighted by Crippen LogP contribution is -2.38. The summed E-state index contributed by atoms with van der Waals surface area (Å²) >= 11 is 7.06. The molecule has 0 aromatic rings. The Morgan fingerprint density at radius 1 is 0.254 bits per heavy atom. The van der Waals surface area contributed by atoms with E-state index in [0.717, 1.165) is 106 Å². The molecular formula is C96H200Br2O32S4. The maximum atomic E-state index is 11.6. The quantitative estimate of drug-likeness (QED) is 0.0250. The number of aliphatic hydroxyl groups is 4. The van der Waals surface area contributed by atoms with E-state index in [2.05, 4.69) is 41.9 Å². The normalized spacial score (nSPS) is 11.1. The summed E-state index contributed by atoms with van der Waals surface area (Å²) in [6, 6.07) is 0. The SMILES string of the molecule is Br.Br.C.C.C.C.C.C.CCC.CCCCOC(=O)C(C)(CO)COC(C)=O.CCCCOC(=O)C(C)(CO)COC(C)=O.CCCSCCC(C)=O.CCCSCCC(C)=O.CCOC.CCOC(=O)C(C)(CO)COC(C)=O.CCOC(=O)C(C)(CO)COC(C)=O.CCOCC.COCCOCCCC(=O)CCSCCC(C)=O.COCCOCCCC(=O)CCSCCC(C)=O. The van der Waals surface area contributed by atoms with Gasteiger partial charge in [0.05, 0.1) is 79.3 Å². The lowest BCUT2D eigenvalue weighted by molar-refractivity contribution is -0.166. The third-order valence-corrected chi connectivity index (χ3v) is 19.3. The first-order valence-corrected chi connectivity index (χ1v) is 48.3. The minimum atomic E-state index is -1.17. The van der Waals surface area contributed by atoms with E-state index >= 15 is 0 Å². The standard InChI is InChI=1S/2C13H24O4S.2C11H20O5.2C9H16O5.2C7H14OS.C4H10O.C3H8O.C3H8.6CH4.2BrH/c2*1-12(14)5-10-18-11-6-13(15)4-3-7-17-9-8-16-2;2*1-4-5-6-15-10(14)11(3,7-12)8-16-9(2)13;2*1-4-13-8(12)9(3,5-10)6-14-7(2)11;2*1-3-5-9-6-4-7(2)8;1-3-5-4-2;1-3-4-2;1-3-2;;;;;;;;/h2*3-11H2,1-2H3;2*12H,4-8H2,1-3H3;2*10H,4-6H2,1-3H3;2*3-6H2,1-2H3;3-4H2,1-2H3;3H2,1-2H3;3H2,1-2H3;6*1H4;2*1H. The lowest BCUT2D eigenvalue weighted by Gasteiger charge is -2.24. The number of thioether (sulfide) groups is 4. The van der Waals surface area contributed by atoms with Crippen LogP contribution in [0.15, 0.2) is 0 Å². The van der Waals surface area contributed by atoms with Crippen LogP contribution < -0.4 is 0 Å². The molecular weight excluding hydrogens is 1950 g/mol. The van der Waals surface area contributed by atoms with Crippen LogP contribution in [0.3, 0.4) is 0 Å². The van der Waals surface area contributed by atoms with Crippen molar-refractivity contribution in [2.45, 2.75) is 313 Å². The monoisotopic (exact) mass is 2150 g/mol. The van der Waals surface area contributed by atoms with E-state index in [1.165, 1.54) is 86.2 Å². The number of Topliss-reactive ketones (excluding diaryl/α,β-unsaturated/α-hetero) is 6. The molecule has 4 atom stereocenters. The molecule has 32 nitrogen and oxygen atoms in total. The predicted octanol–water partition coefficient (Wildman–Crippen LogP) is 18.5. The molecule has 0 bridgehead atoms. The van der Waals surface area contributed by atoms with Gasteiger partial charge in [-0.05, 0) is 140 Å². The largest absolute Gasteiger partial charge is 0.465 e. The number of unbranched alkanes of at least 4 members (excludes halogenated alkanes) is 2. The molecule has 134 heavy (non-hydrogen) atoms. The number of hydrogen-bond acceptors (Lipinski definition) is 36. The molecule has 0 heterocycles. The Morgan fingerprint density at radius 3 is 0.649 bits per heavy atom. The summed E-state index contributed by atoms with van der Waals surface area (Å²) in [7, 11) is 4.95. The van der Waals surface area contributed by atoms with Gasteiger partial charge in [0, 0.05) is 168 Å². The third-order valence-electron chi connectivity index (χ3n) is 14.9. The van der Waals surface area contributed by atoms with Crippen molar-refractivity contribution in [1.82, 2.24) is 0 Å². The topological polar surface area (TPSA) is 449 Å². The highest BCUT2D eigenvalue weighted by Crippen LogP contribution is 2.22. The summed E-state index contributed by atoms with van der Waals surface area (Å²) in [6.07, 6.45) is 13.7. The number of carbonyl (C=O) groups is 14. The van der Waals surface area contributed by atoms with Gasteiger partial charge in [-0.2, -0.15) is 47.0 Å². The second kappa shape index (κ2) is 133. The smallest absolute Gasteiger partial charge is 0.317 e. The van der Waals surface area contributed by atoms with Gasteiger partial charge in [0.25, 0.3) is 0 Å². The molecule has 0 aliphatic carbocycles. The molecule has 0 saturated heterocycles. The second-order valence-corrected chi connectivity index (χ2v) is 33.6. The molecule has 0 radical (unpaired) electrons. The van der Waals surface area contributed by atoms with Crippen LogP contribution in [-0.4, -0.2) is 309 Å².